The lowest BCUT2D eigenvalue weighted by Crippen LogP contribution is -2.10. The maximum absolute atomic E-state index is 9.57. The third kappa shape index (κ3) is 2.21. The Morgan fingerprint density at radius 2 is 2.36 bits per heavy atom. The molecule has 1 aliphatic carbocycles. The largest absolute Gasteiger partial charge is 0.392 e. The molecule has 0 radical (unpaired) electrons. The zero-order valence-electron chi connectivity index (χ0n) is 7.30. The molecule has 62 valence electrons. The summed E-state index contributed by atoms with van der Waals surface area (Å²) in [6.45, 7) is 7.68. The molecule has 0 aromatic carbocycles. The molecule has 1 fully saturated rings. The van der Waals surface area contributed by atoms with Gasteiger partial charge in [-0.15, -0.1) is 5.73 Å². The van der Waals surface area contributed by atoms with Gasteiger partial charge >= 0.3 is 0 Å². The fourth-order valence-electron chi connectivity index (χ4n) is 1.42. The average Bonchev–Trinajstić information content (AvgIpc) is 2.66. The standard InChI is InChI=1S/C10H16O/c1-4-7(2)5-10(11)9-6-8(9)3/h8-11H,1,5-6H2,2-3H3. The predicted molar refractivity (Wildman–Crippen MR) is 46.2 cm³/mol. The summed E-state index contributed by atoms with van der Waals surface area (Å²) in [6, 6.07) is 0. The van der Waals surface area contributed by atoms with Crippen molar-refractivity contribution >= 4 is 0 Å². The zero-order chi connectivity index (χ0) is 8.43. The first-order valence-corrected chi connectivity index (χ1v) is 4.18. The van der Waals surface area contributed by atoms with E-state index in [1.165, 1.54) is 6.42 Å². The van der Waals surface area contributed by atoms with Crippen molar-refractivity contribution in [3.05, 3.63) is 17.9 Å². The van der Waals surface area contributed by atoms with Crippen molar-refractivity contribution in [2.45, 2.75) is 32.8 Å². The van der Waals surface area contributed by atoms with Crippen molar-refractivity contribution in [3.63, 3.8) is 0 Å². The molecule has 1 heteroatoms. The molecule has 1 aliphatic rings. The Morgan fingerprint density at radius 1 is 1.82 bits per heavy atom. The Kier molecular flexibility index (Phi) is 2.53. The number of aliphatic hydroxyl groups excluding tert-OH is 1. The average molecular weight is 152 g/mol. The van der Waals surface area contributed by atoms with Crippen molar-refractivity contribution in [2.24, 2.45) is 11.8 Å². The van der Waals surface area contributed by atoms with Crippen LogP contribution in [0.25, 0.3) is 0 Å². The van der Waals surface area contributed by atoms with Gasteiger partial charge in [0, 0.05) is 6.42 Å². The van der Waals surface area contributed by atoms with Gasteiger partial charge in [-0.2, -0.15) is 0 Å². The second kappa shape index (κ2) is 3.25. The second-order valence-corrected chi connectivity index (χ2v) is 3.61. The molecule has 3 atom stereocenters. The van der Waals surface area contributed by atoms with E-state index in [2.05, 4.69) is 19.2 Å². The zero-order valence-corrected chi connectivity index (χ0v) is 7.30. The van der Waals surface area contributed by atoms with Crippen LogP contribution in [0.4, 0.5) is 0 Å². The van der Waals surface area contributed by atoms with Crippen LogP contribution in [-0.4, -0.2) is 11.2 Å². The van der Waals surface area contributed by atoms with Crippen LogP contribution in [0.15, 0.2) is 17.9 Å². The lowest BCUT2D eigenvalue weighted by Gasteiger charge is -2.07. The fourth-order valence-corrected chi connectivity index (χ4v) is 1.42. The van der Waals surface area contributed by atoms with Gasteiger partial charge in [-0.05, 0) is 30.8 Å². The number of rotatable bonds is 3. The van der Waals surface area contributed by atoms with Gasteiger partial charge in [0.1, 0.15) is 0 Å². The minimum atomic E-state index is -0.153. The van der Waals surface area contributed by atoms with E-state index in [0.29, 0.717) is 5.92 Å². The molecule has 0 heterocycles. The molecule has 0 bridgehead atoms. The topological polar surface area (TPSA) is 20.2 Å². The van der Waals surface area contributed by atoms with E-state index in [9.17, 15) is 5.11 Å². The van der Waals surface area contributed by atoms with Gasteiger partial charge in [-0.3, -0.25) is 0 Å². The maximum atomic E-state index is 9.57. The first-order valence-electron chi connectivity index (χ1n) is 4.18. The second-order valence-electron chi connectivity index (χ2n) is 3.61. The minimum absolute atomic E-state index is 0.153. The van der Waals surface area contributed by atoms with Crippen molar-refractivity contribution in [3.8, 4) is 0 Å². The van der Waals surface area contributed by atoms with Crippen molar-refractivity contribution in [2.75, 3.05) is 0 Å². The number of aliphatic hydroxyl groups is 1. The molecule has 0 spiro atoms. The summed E-state index contributed by atoms with van der Waals surface area (Å²) in [5.41, 5.74) is 3.87. The highest BCUT2D eigenvalue weighted by atomic mass is 16.3. The molecule has 1 N–H and O–H groups in total. The van der Waals surface area contributed by atoms with Crippen molar-refractivity contribution in [1.82, 2.24) is 0 Å². The fraction of sp³-hybridized carbons (Fsp3) is 0.700. The minimum Gasteiger partial charge on any atom is -0.392 e. The van der Waals surface area contributed by atoms with E-state index < -0.39 is 0 Å². The van der Waals surface area contributed by atoms with Crippen LogP contribution < -0.4 is 0 Å². The predicted octanol–water partition coefficient (Wildman–Crippen LogP) is 2.12. The van der Waals surface area contributed by atoms with Crippen LogP contribution in [0.3, 0.4) is 0 Å². The van der Waals surface area contributed by atoms with E-state index >= 15 is 0 Å². The Morgan fingerprint density at radius 3 is 2.73 bits per heavy atom. The van der Waals surface area contributed by atoms with Gasteiger partial charge < -0.3 is 5.11 Å². The Bertz CT molecular complexity index is 189. The van der Waals surface area contributed by atoms with Crippen LogP contribution in [0.2, 0.25) is 0 Å². The summed E-state index contributed by atoms with van der Waals surface area (Å²) in [7, 11) is 0. The monoisotopic (exact) mass is 152 g/mol. The molecule has 0 amide bonds. The van der Waals surface area contributed by atoms with E-state index in [-0.39, 0.29) is 6.10 Å². The molecule has 0 saturated heterocycles. The normalized spacial score (nSPS) is 30.8. The maximum Gasteiger partial charge on any atom is 0.0614 e. The van der Waals surface area contributed by atoms with Crippen LogP contribution in [0, 0.1) is 11.8 Å². The summed E-state index contributed by atoms with van der Waals surface area (Å²) in [4.78, 5) is 0. The molecule has 0 aliphatic heterocycles. The molecule has 0 aromatic rings. The van der Waals surface area contributed by atoms with Crippen molar-refractivity contribution < 1.29 is 5.11 Å². The third-order valence-electron chi connectivity index (χ3n) is 2.48. The lowest BCUT2D eigenvalue weighted by atomic mass is 10.1. The summed E-state index contributed by atoms with van der Waals surface area (Å²) < 4.78 is 0. The van der Waals surface area contributed by atoms with E-state index in [1.807, 2.05) is 6.92 Å². The Balaban J connectivity index is 2.32. The van der Waals surface area contributed by atoms with Crippen molar-refractivity contribution in [1.29, 1.82) is 0 Å². The van der Waals surface area contributed by atoms with Crippen LogP contribution >= 0.6 is 0 Å². The van der Waals surface area contributed by atoms with E-state index in [0.717, 1.165) is 17.9 Å². The van der Waals surface area contributed by atoms with Gasteiger partial charge in [0.25, 0.3) is 0 Å². The number of hydrogen-bond donors (Lipinski definition) is 1. The quantitative estimate of drug-likeness (QED) is 0.614. The smallest absolute Gasteiger partial charge is 0.0614 e. The van der Waals surface area contributed by atoms with Gasteiger partial charge in [-0.1, -0.05) is 13.5 Å². The molecule has 3 unspecified atom stereocenters. The van der Waals surface area contributed by atoms with Gasteiger partial charge in [0.2, 0.25) is 0 Å². The van der Waals surface area contributed by atoms with Crippen LogP contribution in [0.1, 0.15) is 26.7 Å². The highest BCUT2D eigenvalue weighted by molar-refractivity contribution is 5.00. The molecular formula is C10H16O. The third-order valence-corrected chi connectivity index (χ3v) is 2.48. The molecular weight excluding hydrogens is 136 g/mol. The highest BCUT2D eigenvalue weighted by Crippen LogP contribution is 2.41. The Labute approximate surface area is 68.4 Å². The Hall–Kier alpha value is -0.520. The highest BCUT2D eigenvalue weighted by Gasteiger charge is 2.38. The molecule has 1 rings (SSSR count). The van der Waals surface area contributed by atoms with Gasteiger partial charge in [0.15, 0.2) is 0 Å². The summed E-state index contributed by atoms with van der Waals surface area (Å²) in [5, 5.41) is 9.57. The molecule has 0 aromatic heterocycles. The molecule has 1 saturated carbocycles. The number of hydrogen-bond acceptors (Lipinski definition) is 1. The van der Waals surface area contributed by atoms with E-state index in [4.69, 9.17) is 0 Å². The first kappa shape index (κ1) is 8.58. The summed E-state index contributed by atoms with van der Waals surface area (Å²) in [6.07, 6.45) is 1.78. The SMILES string of the molecule is C=C=C(C)CC(O)C1CC1C. The summed E-state index contributed by atoms with van der Waals surface area (Å²) in [5.74, 6) is 1.26. The van der Waals surface area contributed by atoms with E-state index in [1.54, 1.807) is 0 Å². The molecule has 1 nitrogen and oxygen atoms in total. The summed E-state index contributed by atoms with van der Waals surface area (Å²) >= 11 is 0. The van der Waals surface area contributed by atoms with Crippen LogP contribution in [-0.2, 0) is 0 Å². The van der Waals surface area contributed by atoms with Gasteiger partial charge in [0.05, 0.1) is 6.10 Å². The first-order chi connectivity index (χ1) is 5.15. The molecule has 11 heavy (non-hydrogen) atoms. The van der Waals surface area contributed by atoms with Gasteiger partial charge in [-0.25, -0.2) is 0 Å². The lowest BCUT2D eigenvalue weighted by molar-refractivity contribution is 0.146. The van der Waals surface area contributed by atoms with Crippen LogP contribution in [0.5, 0.6) is 0 Å².